The molecule has 1 fully saturated rings. The van der Waals surface area contributed by atoms with Crippen molar-refractivity contribution in [3.8, 4) is 0 Å². The third kappa shape index (κ3) is 3.63. The number of likely N-dealkylation sites (tertiary alicyclic amines) is 1. The lowest BCUT2D eigenvalue weighted by molar-refractivity contribution is -0.131. The molecule has 0 bridgehead atoms. The molecule has 0 aliphatic carbocycles. The molecule has 136 valence electrons. The summed E-state index contributed by atoms with van der Waals surface area (Å²) in [5.74, 6) is 0.0606. The Bertz CT molecular complexity index is 761. The van der Waals surface area contributed by atoms with Gasteiger partial charge in [-0.1, -0.05) is 60.7 Å². The van der Waals surface area contributed by atoms with Crippen LogP contribution in [-0.4, -0.2) is 48.8 Å². The predicted octanol–water partition coefficient (Wildman–Crippen LogP) is 2.38. The van der Waals surface area contributed by atoms with Crippen LogP contribution in [0, 0.1) is 0 Å². The molecule has 1 heterocycles. The standard InChI is InChI=1S/C21H25N3O2/c1-23(2)21(26)19(15-10-6-4-7-11-15)22-17-14-18(25)24(3)20(17)16-12-8-5-9-13-16/h4-13,17,19-20,22H,14H2,1-3H3/t17-,19?,20+/m1/s1. The average molecular weight is 351 g/mol. The molecule has 0 radical (unpaired) electrons. The number of hydrogen-bond donors (Lipinski definition) is 1. The first-order valence-electron chi connectivity index (χ1n) is 8.82. The van der Waals surface area contributed by atoms with Crippen LogP contribution >= 0.6 is 0 Å². The molecule has 3 rings (SSSR count). The summed E-state index contributed by atoms with van der Waals surface area (Å²) >= 11 is 0. The molecule has 26 heavy (non-hydrogen) atoms. The van der Waals surface area contributed by atoms with E-state index in [9.17, 15) is 9.59 Å². The van der Waals surface area contributed by atoms with Crippen molar-refractivity contribution < 1.29 is 9.59 Å². The molecule has 1 aliphatic heterocycles. The summed E-state index contributed by atoms with van der Waals surface area (Å²) in [5, 5.41) is 3.47. The van der Waals surface area contributed by atoms with Crippen LogP contribution < -0.4 is 5.32 Å². The average Bonchev–Trinajstić information content (AvgIpc) is 2.94. The van der Waals surface area contributed by atoms with Gasteiger partial charge in [0.2, 0.25) is 11.8 Å². The quantitative estimate of drug-likeness (QED) is 0.900. The van der Waals surface area contributed by atoms with Crippen LogP contribution in [0.25, 0.3) is 0 Å². The van der Waals surface area contributed by atoms with Crippen molar-refractivity contribution in [2.45, 2.75) is 24.5 Å². The second-order valence-electron chi connectivity index (χ2n) is 6.91. The van der Waals surface area contributed by atoms with E-state index in [-0.39, 0.29) is 23.9 Å². The van der Waals surface area contributed by atoms with Gasteiger partial charge in [0.15, 0.2) is 0 Å². The highest BCUT2D eigenvalue weighted by atomic mass is 16.2. The first kappa shape index (κ1) is 18.1. The summed E-state index contributed by atoms with van der Waals surface area (Å²) in [4.78, 5) is 28.5. The minimum Gasteiger partial charge on any atom is -0.347 e. The Hall–Kier alpha value is -2.66. The van der Waals surface area contributed by atoms with Crippen molar-refractivity contribution in [2.75, 3.05) is 21.1 Å². The smallest absolute Gasteiger partial charge is 0.243 e. The molecule has 5 heteroatoms. The van der Waals surface area contributed by atoms with Crippen molar-refractivity contribution in [3.05, 3.63) is 71.8 Å². The van der Waals surface area contributed by atoms with Gasteiger partial charge in [0.1, 0.15) is 6.04 Å². The molecule has 0 spiro atoms. The number of carbonyl (C=O) groups is 2. The number of nitrogens with zero attached hydrogens (tertiary/aromatic N) is 2. The number of rotatable bonds is 5. The van der Waals surface area contributed by atoms with Crippen molar-refractivity contribution in [1.29, 1.82) is 0 Å². The van der Waals surface area contributed by atoms with Gasteiger partial charge in [0.25, 0.3) is 0 Å². The first-order chi connectivity index (χ1) is 12.5. The van der Waals surface area contributed by atoms with E-state index in [4.69, 9.17) is 0 Å². The highest BCUT2D eigenvalue weighted by Gasteiger charge is 2.40. The summed E-state index contributed by atoms with van der Waals surface area (Å²) in [6.45, 7) is 0. The molecule has 2 amide bonds. The van der Waals surface area contributed by atoms with Crippen molar-refractivity contribution in [2.24, 2.45) is 0 Å². The highest BCUT2D eigenvalue weighted by Crippen LogP contribution is 2.33. The van der Waals surface area contributed by atoms with Gasteiger partial charge in [-0.3, -0.25) is 14.9 Å². The van der Waals surface area contributed by atoms with Crippen molar-refractivity contribution >= 4 is 11.8 Å². The van der Waals surface area contributed by atoms with E-state index >= 15 is 0 Å². The van der Waals surface area contributed by atoms with E-state index < -0.39 is 6.04 Å². The zero-order valence-corrected chi connectivity index (χ0v) is 15.4. The zero-order valence-electron chi connectivity index (χ0n) is 15.4. The molecular formula is C21H25N3O2. The lowest BCUT2D eigenvalue weighted by Gasteiger charge is -2.30. The topological polar surface area (TPSA) is 52.7 Å². The van der Waals surface area contributed by atoms with Crippen LogP contribution in [0.2, 0.25) is 0 Å². The molecule has 1 N–H and O–H groups in total. The Morgan fingerprint density at radius 3 is 2.23 bits per heavy atom. The molecule has 1 aliphatic rings. The van der Waals surface area contributed by atoms with Crippen LogP contribution in [0.15, 0.2) is 60.7 Å². The van der Waals surface area contributed by atoms with Gasteiger partial charge in [0, 0.05) is 33.6 Å². The maximum Gasteiger partial charge on any atom is 0.243 e. The number of amides is 2. The Balaban J connectivity index is 1.92. The Labute approximate surface area is 154 Å². The number of nitrogens with one attached hydrogen (secondary N) is 1. The third-order valence-corrected chi connectivity index (χ3v) is 4.93. The number of carbonyl (C=O) groups excluding carboxylic acids is 2. The van der Waals surface area contributed by atoms with Crippen LogP contribution in [0.4, 0.5) is 0 Å². The lowest BCUT2D eigenvalue weighted by atomic mass is 9.97. The van der Waals surface area contributed by atoms with E-state index in [0.717, 1.165) is 11.1 Å². The predicted molar refractivity (Wildman–Crippen MR) is 101 cm³/mol. The summed E-state index contributed by atoms with van der Waals surface area (Å²) in [5.41, 5.74) is 1.97. The van der Waals surface area contributed by atoms with Gasteiger partial charge in [-0.05, 0) is 11.1 Å². The number of hydrogen-bond acceptors (Lipinski definition) is 3. The van der Waals surface area contributed by atoms with Gasteiger partial charge in [-0.25, -0.2) is 0 Å². The van der Waals surface area contributed by atoms with Gasteiger partial charge < -0.3 is 9.80 Å². The lowest BCUT2D eigenvalue weighted by Crippen LogP contribution is -2.44. The zero-order chi connectivity index (χ0) is 18.7. The Morgan fingerprint density at radius 2 is 1.65 bits per heavy atom. The fourth-order valence-electron chi connectivity index (χ4n) is 3.55. The van der Waals surface area contributed by atoms with E-state index in [1.807, 2.05) is 67.7 Å². The fourth-order valence-corrected chi connectivity index (χ4v) is 3.55. The Morgan fingerprint density at radius 1 is 1.08 bits per heavy atom. The Kier molecular flexibility index (Phi) is 5.38. The molecule has 2 aromatic rings. The van der Waals surface area contributed by atoms with Gasteiger partial charge >= 0.3 is 0 Å². The van der Waals surface area contributed by atoms with Gasteiger partial charge in [-0.15, -0.1) is 0 Å². The second-order valence-corrected chi connectivity index (χ2v) is 6.91. The summed E-state index contributed by atoms with van der Waals surface area (Å²) in [7, 11) is 5.33. The van der Waals surface area contributed by atoms with E-state index in [0.29, 0.717) is 6.42 Å². The number of benzene rings is 2. The molecule has 5 nitrogen and oxygen atoms in total. The monoisotopic (exact) mass is 351 g/mol. The van der Waals surface area contributed by atoms with Crippen molar-refractivity contribution in [1.82, 2.24) is 15.1 Å². The van der Waals surface area contributed by atoms with E-state index in [2.05, 4.69) is 5.32 Å². The van der Waals surface area contributed by atoms with Crippen molar-refractivity contribution in [3.63, 3.8) is 0 Å². The van der Waals surface area contributed by atoms with Crippen LogP contribution in [0.1, 0.15) is 29.6 Å². The van der Waals surface area contributed by atoms with Gasteiger partial charge in [0.05, 0.1) is 6.04 Å². The molecule has 1 saturated heterocycles. The van der Waals surface area contributed by atoms with E-state index in [1.54, 1.807) is 23.9 Å². The summed E-state index contributed by atoms with van der Waals surface area (Å²) < 4.78 is 0. The fraction of sp³-hybridized carbons (Fsp3) is 0.333. The molecule has 0 aromatic heterocycles. The summed E-state index contributed by atoms with van der Waals surface area (Å²) in [6, 6.07) is 18.9. The van der Waals surface area contributed by atoms with Gasteiger partial charge in [-0.2, -0.15) is 0 Å². The molecule has 3 atom stereocenters. The minimum atomic E-state index is -0.485. The summed E-state index contributed by atoms with van der Waals surface area (Å²) in [6.07, 6.45) is 0.375. The molecule has 0 saturated carbocycles. The molecule has 2 aromatic carbocycles. The van der Waals surface area contributed by atoms with Crippen LogP contribution in [-0.2, 0) is 9.59 Å². The normalized spacial score (nSPS) is 20.9. The molecular weight excluding hydrogens is 326 g/mol. The van der Waals surface area contributed by atoms with Crippen LogP contribution in [0.3, 0.4) is 0 Å². The minimum absolute atomic E-state index is 0.0231. The van der Waals surface area contributed by atoms with Crippen LogP contribution in [0.5, 0.6) is 0 Å². The molecule has 1 unspecified atom stereocenters. The second kappa shape index (κ2) is 7.70. The maximum atomic E-state index is 12.8. The highest BCUT2D eigenvalue weighted by molar-refractivity contribution is 5.84. The third-order valence-electron chi connectivity index (χ3n) is 4.93. The first-order valence-corrected chi connectivity index (χ1v) is 8.82. The maximum absolute atomic E-state index is 12.8. The van der Waals surface area contributed by atoms with E-state index in [1.165, 1.54) is 0 Å². The SMILES string of the molecule is CN(C)C(=O)C(N[C@@H]1CC(=O)N(C)[C@H]1c1ccccc1)c1ccccc1. The number of likely N-dealkylation sites (N-methyl/N-ethyl adjacent to an activating group) is 2. The largest absolute Gasteiger partial charge is 0.347 e.